The Morgan fingerprint density at radius 3 is 2.47 bits per heavy atom. The van der Waals surface area contributed by atoms with E-state index in [2.05, 4.69) is 31.9 Å². The van der Waals surface area contributed by atoms with Crippen LogP contribution in [-0.4, -0.2) is 0 Å². The van der Waals surface area contributed by atoms with E-state index in [4.69, 9.17) is 10.5 Å². The Morgan fingerprint density at radius 2 is 1.84 bits per heavy atom. The molecule has 0 atom stereocenters. The van der Waals surface area contributed by atoms with Crippen molar-refractivity contribution < 1.29 is 9.13 Å². The highest BCUT2D eigenvalue weighted by Crippen LogP contribution is 2.33. The molecule has 100 valence electrons. The predicted octanol–water partition coefficient (Wildman–Crippen LogP) is 4.91. The summed E-state index contributed by atoms with van der Waals surface area (Å²) < 4.78 is 21.0. The number of hydrogen-bond acceptors (Lipinski definition) is 2. The summed E-state index contributed by atoms with van der Waals surface area (Å²) >= 11 is 6.57. The largest absolute Gasteiger partial charge is 0.454 e. The zero-order valence-corrected chi connectivity index (χ0v) is 13.4. The first-order valence-electron chi connectivity index (χ1n) is 5.64. The average Bonchev–Trinajstić information content (AvgIpc) is 2.38. The third-order valence-corrected chi connectivity index (χ3v) is 4.05. The first-order chi connectivity index (χ1) is 9.02. The summed E-state index contributed by atoms with van der Waals surface area (Å²) in [6, 6.07) is 8.89. The predicted molar refractivity (Wildman–Crippen MR) is 80.9 cm³/mol. The second kappa shape index (κ2) is 6.03. The molecule has 0 spiro atoms. The summed E-state index contributed by atoms with van der Waals surface area (Å²) in [7, 11) is 0. The number of hydrogen-bond donors (Lipinski definition) is 1. The monoisotopic (exact) mass is 387 g/mol. The lowest BCUT2D eigenvalue weighted by molar-refractivity contribution is 0.437. The molecule has 2 aromatic rings. The molecule has 19 heavy (non-hydrogen) atoms. The highest BCUT2D eigenvalue weighted by molar-refractivity contribution is 9.10. The van der Waals surface area contributed by atoms with E-state index >= 15 is 0 Å². The van der Waals surface area contributed by atoms with Gasteiger partial charge in [0.15, 0.2) is 11.6 Å². The quantitative estimate of drug-likeness (QED) is 0.810. The standard InChI is InChI=1S/C14H12Br2FNO/c1-8-6-10(15)3-5-11(8)19-12-4-2-9(7-18)13(16)14(12)17/h2-6H,7,18H2,1H3. The van der Waals surface area contributed by atoms with Gasteiger partial charge >= 0.3 is 0 Å². The van der Waals surface area contributed by atoms with Gasteiger partial charge in [-0.25, -0.2) is 4.39 Å². The lowest BCUT2D eigenvalue weighted by atomic mass is 10.2. The molecule has 0 aliphatic rings. The minimum absolute atomic E-state index is 0.175. The number of benzene rings is 2. The van der Waals surface area contributed by atoms with Crippen molar-refractivity contribution in [2.45, 2.75) is 13.5 Å². The van der Waals surface area contributed by atoms with Crippen LogP contribution in [0, 0.1) is 12.7 Å². The van der Waals surface area contributed by atoms with Gasteiger partial charge in [-0.1, -0.05) is 22.0 Å². The second-order valence-electron chi connectivity index (χ2n) is 4.07. The molecule has 0 radical (unpaired) electrons. The van der Waals surface area contributed by atoms with Crippen LogP contribution in [0.15, 0.2) is 39.3 Å². The van der Waals surface area contributed by atoms with E-state index in [1.54, 1.807) is 18.2 Å². The molecule has 2 N–H and O–H groups in total. The molecule has 2 nitrogen and oxygen atoms in total. The topological polar surface area (TPSA) is 35.2 Å². The highest BCUT2D eigenvalue weighted by atomic mass is 79.9. The smallest absolute Gasteiger partial charge is 0.180 e. The van der Waals surface area contributed by atoms with Gasteiger partial charge in [-0.3, -0.25) is 0 Å². The summed E-state index contributed by atoms with van der Waals surface area (Å²) in [4.78, 5) is 0. The summed E-state index contributed by atoms with van der Waals surface area (Å²) in [6.07, 6.45) is 0. The Kier molecular flexibility index (Phi) is 4.60. The minimum Gasteiger partial charge on any atom is -0.454 e. The maximum absolute atomic E-state index is 14.1. The lowest BCUT2D eigenvalue weighted by Gasteiger charge is -2.12. The molecule has 0 saturated carbocycles. The van der Waals surface area contributed by atoms with E-state index in [0.717, 1.165) is 10.0 Å². The molecule has 0 amide bonds. The molecule has 0 saturated heterocycles. The summed E-state index contributed by atoms with van der Waals surface area (Å²) in [6.45, 7) is 2.18. The Morgan fingerprint density at radius 1 is 1.16 bits per heavy atom. The van der Waals surface area contributed by atoms with E-state index in [1.165, 1.54) is 0 Å². The second-order valence-corrected chi connectivity index (χ2v) is 5.78. The van der Waals surface area contributed by atoms with Gasteiger partial charge in [-0.15, -0.1) is 0 Å². The molecule has 2 rings (SSSR count). The van der Waals surface area contributed by atoms with Crippen molar-refractivity contribution >= 4 is 31.9 Å². The van der Waals surface area contributed by atoms with Crippen molar-refractivity contribution in [3.8, 4) is 11.5 Å². The van der Waals surface area contributed by atoms with Crippen LogP contribution in [0.5, 0.6) is 11.5 Å². The molecule has 0 heterocycles. The Hall–Kier alpha value is -0.910. The molecule has 2 aromatic carbocycles. The minimum atomic E-state index is -0.440. The number of ether oxygens (including phenoxy) is 1. The van der Waals surface area contributed by atoms with E-state index < -0.39 is 5.82 Å². The Balaban J connectivity index is 2.36. The van der Waals surface area contributed by atoms with Crippen LogP contribution in [0.3, 0.4) is 0 Å². The van der Waals surface area contributed by atoms with Gasteiger partial charge in [-0.2, -0.15) is 0 Å². The molecule has 0 unspecified atom stereocenters. The first kappa shape index (κ1) is 14.5. The fourth-order valence-electron chi connectivity index (χ4n) is 1.65. The number of nitrogens with two attached hydrogens (primary N) is 1. The first-order valence-corrected chi connectivity index (χ1v) is 7.22. The van der Waals surface area contributed by atoms with E-state index in [0.29, 0.717) is 15.8 Å². The van der Waals surface area contributed by atoms with Crippen LogP contribution in [0.1, 0.15) is 11.1 Å². The maximum Gasteiger partial charge on any atom is 0.180 e. The van der Waals surface area contributed by atoms with Gasteiger partial charge in [0, 0.05) is 11.0 Å². The summed E-state index contributed by atoms with van der Waals surface area (Å²) in [5, 5.41) is 0. The summed E-state index contributed by atoms with van der Waals surface area (Å²) in [5.74, 6) is 0.356. The number of rotatable bonds is 3. The zero-order chi connectivity index (χ0) is 14.0. The van der Waals surface area contributed by atoms with Crippen molar-refractivity contribution in [3.05, 3.63) is 56.2 Å². The fraction of sp³-hybridized carbons (Fsp3) is 0.143. The van der Waals surface area contributed by atoms with Crippen molar-refractivity contribution in [2.24, 2.45) is 5.73 Å². The van der Waals surface area contributed by atoms with Crippen molar-refractivity contribution in [1.29, 1.82) is 0 Å². The van der Waals surface area contributed by atoms with E-state index in [9.17, 15) is 4.39 Å². The van der Waals surface area contributed by atoms with E-state index in [-0.39, 0.29) is 12.3 Å². The van der Waals surface area contributed by atoms with Gasteiger partial charge in [0.2, 0.25) is 0 Å². The van der Waals surface area contributed by atoms with Gasteiger partial charge in [0.1, 0.15) is 5.75 Å². The number of aryl methyl sites for hydroxylation is 1. The van der Waals surface area contributed by atoms with Gasteiger partial charge in [0.05, 0.1) is 4.47 Å². The van der Waals surface area contributed by atoms with Crippen LogP contribution < -0.4 is 10.5 Å². The average molecular weight is 389 g/mol. The third-order valence-electron chi connectivity index (χ3n) is 2.70. The molecule has 0 aliphatic heterocycles. The molecular weight excluding hydrogens is 377 g/mol. The molecule has 5 heteroatoms. The van der Waals surface area contributed by atoms with Gasteiger partial charge in [-0.05, 0) is 58.2 Å². The molecule has 0 fully saturated rings. The third kappa shape index (κ3) is 3.16. The van der Waals surface area contributed by atoms with Crippen LogP contribution in [0.2, 0.25) is 0 Å². The van der Waals surface area contributed by atoms with Gasteiger partial charge in [0.25, 0.3) is 0 Å². The summed E-state index contributed by atoms with van der Waals surface area (Å²) in [5.41, 5.74) is 7.15. The molecule has 0 bridgehead atoms. The molecular formula is C14H12Br2FNO. The van der Waals surface area contributed by atoms with Crippen molar-refractivity contribution in [1.82, 2.24) is 0 Å². The SMILES string of the molecule is Cc1cc(Br)ccc1Oc1ccc(CN)c(Br)c1F. The van der Waals surface area contributed by atoms with Crippen molar-refractivity contribution in [3.63, 3.8) is 0 Å². The van der Waals surface area contributed by atoms with Crippen LogP contribution >= 0.6 is 31.9 Å². The maximum atomic E-state index is 14.1. The normalized spacial score (nSPS) is 10.6. The lowest BCUT2D eigenvalue weighted by Crippen LogP contribution is -2.00. The fourth-order valence-corrected chi connectivity index (χ4v) is 2.62. The Bertz CT molecular complexity index is 617. The molecule has 0 aromatic heterocycles. The van der Waals surface area contributed by atoms with E-state index in [1.807, 2.05) is 19.1 Å². The molecule has 0 aliphatic carbocycles. The van der Waals surface area contributed by atoms with Gasteiger partial charge < -0.3 is 10.5 Å². The number of halogens is 3. The highest BCUT2D eigenvalue weighted by Gasteiger charge is 2.13. The zero-order valence-electron chi connectivity index (χ0n) is 10.2. The van der Waals surface area contributed by atoms with Crippen LogP contribution in [0.4, 0.5) is 4.39 Å². The van der Waals surface area contributed by atoms with Crippen LogP contribution in [0.25, 0.3) is 0 Å². The van der Waals surface area contributed by atoms with Crippen LogP contribution in [-0.2, 0) is 6.54 Å². The Labute approximate surface area is 128 Å². The van der Waals surface area contributed by atoms with Crippen molar-refractivity contribution in [2.75, 3.05) is 0 Å².